The number of carbonyl (C=O) groups excluding carboxylic acids is 5. The van der Waals surface area contributed by atoms with Gasteiger partial charge in [0.2, 0.25) is 29.5 Å². The van der Waals surface area contributed by atoms with Crippen molar-refractivity contribution in [2.75, 3.05) is 26.2 Å². The van der Waals surface area contributed by atoms with Gasteiger partial charge in [0.1, 0.15) is 0 Å². The third-order valence-corrected chi connectivity index (χ3v) is 19.7. The minimum absolute atomic E-state index is 0.179. The lowest BCUT2D eigenvalue weighted by Gasteiger charge is -2.29. The predicted octanol–water partition coefficient (Wildman–Crippen LogP) is 15.9. The van der Waals surface area contributed by atoms with Crippen molar-refractivity contribution < 1.29 is 24.0 Å². The van der Waals surface area contributed by atoms with Crippen molar-refractivity contribution in [3.8, 4) is 0 Å². The molecule has 0 unspecified atom stereocenters. The highest BCUT2D eigenvalue weighted by molar-refractivity contribution is 5.79. The maximum atomic E-state index is 12.2. The van der Waals surface area contributed by atoms with E-state index in [0.29, 0.717) is 65.1 Å². The first-order chi connectivity index (χ1) is 42.0. The second-order valence-electron chi connectivity index (χ2n) is 28.6. The van der Waals surface area contributed by atoms with Crippen molar-refractivity contribution in [2.45, 2.75) is 235 Å². The minimum Gasteiger partial charge on any atom is -0.338 e. The van der Waals surface area contributed by atoms with Crippen LogP contribution < -0.4 is 0 Å². The van der Waals surface area contributed by atoms with E-state index >= 15 is 0 Å². The van der Waals surface area contributed by atoms with Crippen LogP contribution in [0.4, 0.5) is 0 Å². The quantitative estimate of drug-likeness (QED) is 0.131. The molecule has 5 heterocycles. The molecule has 0 aromatic heterocycles. The lowest BCUT2D eigenvalue weighted by atomic mass is 9.93. The van der Waals surface area contributed by atoms with Gasteiger partial charge < -0.3 is 24.5 Å². The van der Waals surface area contributed by atoms with E-state index in [0.717, 1.165) is 110 Å². The van der Waals surface area contributed by atoms with Crippen LogP contribution in [0.2, 0.25) is 0 Å². The first-order valence-electron chi connectivity index (χ1n) is 34.0. The number of hydrogen-bond acceptors (Lipinski definition) is 5. The molecule has 10 heteroatoms. The molecule has 13 rings (SSSR count). The maximum Gasteiger partial charge on any atom is 0.223 e. The predicted molar refractivity (Wildman–Crippen MR) is 357 cm³/mol. The number of nitrogens with zero attached hydrogens (tertiary/aromatic N) is 5. The molecule has 5 aliphatic heterocycles. The van der Waals surface area contributed by atoms with Crippen molar-refractivity contribution >= 4 is 29.5 Å². The first kappa shape index (κ1) is 65.9. The van der Waals surface area contributed by atoms with E-state index in [-0.39, 0.29) is 11.8 Å². The monoisotopic (exact) mass is 1190 g/mol. The normalized spacial score (nSPS) is 17.3. The van der Waals surface area contributed by atoms with Crippen LogP contribution in [-0.2, 0) is 88.9 Å². The van der Waals surface area contributed by atoms with Crippen molar-refractivity contribution in [1.29, 1.82) is 0 Å². The van der Waals surface area contributed by atoms with Gasteiger partial charge in [0.15, 0.2) is 0 Å². The van der Waals surface area contributed by atoms with Gasteiger partial charge in [-0.2, -0.15) is 0 Å². The van der Waals surface area contributed by atoms with Gasteiger partial charge in [-0.25, -0.2) is 0 Å². The van der Waals surface area contributed by atoms with Crippen LogP contribution in [0.25, 0.3) is 0 Å². The van der Waals surface area contributed by atoms with Gasteiger partial charge in [0, 0.05) is 98.6 Å². The number of rotatable bonds is 11. The molecule has 3 aliphatic carbocycles. The zero-order valence-electron chi connectivity index (χ0n) is 55.8. The van der Waals surface area contributed by atoms with E-state index in [9.17, 15) is 24.0 Å². The summed E-state index contributed by atoms with van der Waals surface area (Å²) in [4.78, 5) is 69.1. The average Bonchev–Trinajstić information content (AvgIpc) is 2.83. The van der Waals surface area contributed by atoms with Gasteiger partial charge in [-0.1, -0.05) is 160 Å². The van der Waals surface area contributed by atoms with Gasteiger partial charge in [-0.15, -0.1) is 0 Å². The summed E-state index contributed by atoms with van der Waals surface area (Å²) in [6.07, 6.45) is 13.9. The highest BCUT2D eigenvalue weighted by Crippen LogP contribution is 2.37. The van der Waals surface area contributed by atoms with Gasteiger partial charge in [-0.3, -0.25) is 24.0 Å². The van der Waals surface area contributed by atoms with Gasteiger partial charge in [0.25, 0.3) is 0 Å². The molecule has 88 heavy (non-hydrogen) atoms. The Bertz CT molecular complexity index is 3270. The second kappa shape index (κ2) is 29.8. The minimum atomic E-state index is 0.179. The summed E-state index contributed by atoms with van der Waals surface area (Å²) in [5, 5.41) is 0. The average molecular weight is 1190 g/mol. The zero-order valence-corrected chi connectivity index (χ0v) is 55.8. The number of benzene rings is 5. The number of amides is 5. The Morgan fingerprint density at radius 3 is 0.864 bits per heavy atom. The van der Waals surface area contributed by atoms with Gasteiger partial charge in [0.05, 0.1) is 0 Å². The highest BCUT2D eigenvalue weighted by Gasteiger charge is 2.32. The fourth-order valence-electron chi connectivity index (χ4n) is 12.7. The molecule has 3 saturated carbocycles. The second-order valence-corrected chi connectivity index (χ2v) is 28.6. The summed E-state index contributed by atoms with van der Waals surface area (Å²) in [6, 6.07) is 33.6. The molecule has 5 amide bonds. The van der Waals surface area contributed by atoms with Crippen LogP contribution in [0.15, 0.2) is 91.0 Å². The maximum absolute atomic E-state index is 12.2. The SMILES string of the molecule is CC(=O)N1CCc2cc(C(C)C)ccc2C1.CC(=O)N1CCc2ccc(C(C)C)cc2C1.CC(C)c1ccc2c(c1)CCN(C(=O)CC1CC1)C2.CC(C)c1ccc2c(c1)CN(C(=O)CC1CC1)C2.CC(C)c1ccc2c(c1)CN(C(=O)CC1CC1)CC2. The Morgan fingerprint density at radius 1 is 0.307 bits per heavy atom. The van der Waals surface area contributed by atoms with Crippen LogP contribution in [0.1, 0.15) is 254 Å². The van der Waals surface area contributed by atoms with Crippen molar-refractivity contribution in [3.63, 3.8) is 0 Å². The van der Waals surface area contributed by atoms with Gasteiger partial charge >= 0.3 is 0 Å². The summed E-state index contributed by atoms with van der Waals surface area (Å²) >= 11 is 0. The van der Waals surface area contributed by atoms with Crippen LogP contribution in [-0.4, -0.2) is 80.2 Å². The van der Waals surface area contributed by atoms with Crippen molar-refractivity contribution in [2.24, 2.45) is 17.8 Å². The summed E-state index contributed by atoms with van der Waals surface area (Å²) < 4.78 is 0. The molecule has 472 valence electrons. The molecule has 0 radical (unpaired) electrons. The Balaban J connectivity index is 0.000000131. The summed E-state index contributed by atoms with van der Waals surface area (Å²) in [6.45, 7) is 33.8. The number of carbonyl (C=O) groups is 5. The van der Waals surface area contributed by atoms with Gasteiger partial charge in [-0.05, 0) is 195 Å². The largest absolute Gasteiger partial charge is 0.338 e. The molecule has 8 aliphatic rings. The molecule has 0 atom stereocenters. The third-order valence-electron chi connectivity index (χ3n) is 19.7. The van der Waals surface area contributed by atoms with Crippen LogP contribution in [0, 0.1) is 17.8 Å². The molecule has 0 saturated heterocycles. The van der Waals surface area contributed by atoms with E-state index < -0.39 is 0 Å². The smallest absolute Gasteiger partial charge is 0.223 e. The standard InChI is InChI=1S/2C17H23NO.C16H21NO.2C14H19NO/c1-12(2)14-5-6-16-11-18(8-7-15(16)10-14)17(19)9-13-3-4-13;1-12(2)15-6-5-14-7-8-18(11-16(14)10-15)17(19)9-13-3-4-13;1-11(2)13-5-6-14-9-17(10-15(14)8-13)16(18)7-12-3-4-12;1-10(2)12-4-5-14-9-15(11(3)16)7-6-13(14)8-12;1-10(2)13-5-4-12-6-7-15(11(3)16)9-14(12)8-13/h2*5-6,10,12-13H,3-4,7-9,11H2,1-2H3;5-6,8,11-12H,3-4,7,9-10H2,1-2H3;2*4-5,8,10H,6-7,9H2,1-3H3. The Labute approximate surface area is 529 Å². The highest BCUT2D eigenvalue weighted by atomic mass is 16.2. The lowest BCUT2D eigenvalue weighted by Crippen LogP contribution is -2.36. The Kier molecular flexibility index (Phi) is 22.3. The Hall–Kier alpha value is -6.55. The summed E-state index contributed by atoms with van der Waals surface area (Å²) in [7, 11) is 0. The molecular formula is C78H105N5O5. The molecule has 3 fully saturated rings. The molecule has 0 spiro atoms. The molecule has 5 aromatic carbocycles. The van der Waals surface area contributed by atoms with Crippen molar-refractivity contribution in [1.82, 2.24) is 24.5 Å². The number of fused-ring (bicyclic) bond motifs is 5. The van der Waals surface area contributed by atoms with E-state index in [1.165, 1.54) is 122 Å². The molecule has 0 bridgehead atoms. The van der Waals surface area contributed by atoms with Crippen LogP contribution in [0.3, 0.4) is 0 Å². The topological polar surface area (TPSA) is 102 Å². The van der Waals surface area contributed by atoms with Crippen LogP contribution >= 0.6 is 0 Å². The molecular weight excluding hydrogens is 1090 g/mol. The molecule has 10 nitrogen and oxygen atoms in total. The third kappa shape index (κ3) is 18.3. The fourth-order valence-corrected chi connectivity index (χ4v) is 12.7. The summed E-state index contributed by atoms with van der Waals surface area (Å²) in [5.74, 6) is 6.34. The van der Waals surface area contributed by atoms with E-state index in [1.807, 2.05) is 14.7 Å². The van der Waals surface area contributed by atoms with Crippen LogP contribution in [0.5, 0.6) is 0 Å². The molecule has 5 aromatic rings. The zero-order chi connectivity index (χ0) is 62.9. The van der Waals surface area contributed by atoms with Crippen molar-refractivity contribution in [3.05, 3.63) is 174 Å². The summed E-state index contributed by atoms with van der Waals surface area (Å²) in [5.41, 5.74) is 20.7. The van der Waals surface area contributed by atoms with E-state index in [4.69, 9.17) is 0 Å². The lowest BCUT2D eigenvalue weighted by molar-refractivity contribution is -0.133. The van der Waals surface area contributed by atoms with E-state index in [1.54, 1.807) is 13.8 Å². The first-order valence-corrected chi connectivity index (χ1v) is 34.0. The van der Waals surface area contributed by atoms with E-state index in [2.05, 4.69) is 170 Å². The molecule has 0 N–H and O–H groups in total. The Morgan fingerprint density at radius 2 is 0.534 bits per heavy atom. The number of hydrogen-bond donors (Lipinski definition) is 0. The fraction of sp³-hybridized carbons (Fsp3) is 0.551.